The molecule has 0 amide bonds. The molecule has 100 valence electrons. The van der Waals surface area contributed by atoms with Crippen molar-refractivity contribution < 1.29 is 14.6 Å². The zero-order valence-corrected chi connectivity index (χ0v) is 11.4. The van der Waals surface area contributed by atoms with Crippen LogP contribution in [0.4, 0.5) is 5.69 Å². The Kier molecular flexibility index (Phi) is 4.59. The molecule has 0 saturated carbocycles. The number of carboxylic acid groups (broad SMARTS) is 1. The van der Waals surface area contributed by atoms with Crippen LogP contribution in [0.25, 0.3) is 0 Å². The molecule has 1 aromatic carbocycles. The van der Waals surface area contributed by atoms with Gasteiger partial charge in [-0.1, -0.05) is 19.9 Å². The van der Waals surface area contributed by atoms with E-state index in [1.165, 1.54) is 0 Å². The Morgan fingerprint density at radius 2 is 2.06 bits per heavy atom. The summed E-state index contributed by atoms with van der Waals surface area (Å²) in [6.45, 7) is 4.16. The number of benzene rings is 1. The van der Waals surface area contributed by atoms with Crippen molar-refractivity contribution in [3.63, 3.8) is 0 Å². The van der Waals surface area contributed by atoms with Crippen molar-refractivity contribution >= 4 is 11.7 Å². The van der Waals surface area contributed by atoms with Gasteiger partial charge in [-0.05, 0) is 12.1 Å². The Balaban J connectivity index is 2.63. The maximum absolute atomic E-state index is 10.7. The molecule has 1 rings (SSSR count). The minimum atomic E-state index is -0.800. The molecule has 0 radical (unpaired) electrons. The van der Waals surface area contributed by atoms with Crippen LogP contribution in [0.3, 0.4) is 0 Å². The fourth-order valence-electron chi connectivity index (χ4n) is 1.59. The van der Waals surface area contributed by atoms with Gasteiger partial charge in [0.1, 0.15) is 5.75 Å². The molecule has 0 fully saturated rings. The van der Waals surface area contributed by atoms with E-state index in [0.29, 0.717) is 6.61 Å². The lowest BCUT2D eigenvalue weighted by atomic mass is 9.91. The summed E-state index contributed by atoms with van der Waals surface area (Å²) in [4.78, 5) is 12.7. The van der Waals surface area contributed by atoms with E-state index in [4.69, 9.17) is 9.84 Å². The van der Waals surface area contributed by atoms with Crippen molar-refractivity contribution in [1.29, 1.82) is 0 Å². The first-order valence-electron chi connectivity index (χ1n) is 5.92. The third kappa shape index (κ3) is 4.65. The molecule has 0 atom stereocenters. The van der Waals surface area contributed by atoms with Gasteiger partial charge in [-0.2, -0.15) is 0 Å². The molecule has 0 unspecified atom stereocenters. The predicted octanol–water partition coefficient (Wildman–Crippen LogP) is 2.63. The first-order chi connectivity index (χ1) is 8.30. The monoisotopic (exact) mass is 251 g/mol. The highest BCUT2D eigenvalue weighted by atomic mass is 16.5. The number of anilines is 1. The second kappa shape index (κ2) is 5.76. The zero-order valence-electron chi connectivity index (χ0n) is 11.4. The van der Waals surface area contributed by atoms with Crippen molar-refractivity contribution in [2.24, 2.45) is 5.41 Å². The van der Waals surface area contributed by atoms with Crippen molar-refractivity contribution in [2.45, 2.75) is 20.3 Å². The van der Waals surface area contributed by atoms with E-state index in [2.05, 4.69) is 0 Å². The molecule has 1 N–H and O–H groups in total. The number of hydrogen-bond acceptors (Lipinski definition) is 3. The van der Waals surface area contributed by atoms with E-state index in [0.717, 1.165) is 11.4 Å². The van der Waals surface area contributed by atoms with Gasteiger partial charge in [0.15, 0.2) is 0 Å². The second-order valence-corrected chi connectivity index (χ2v) is 5.42. The van der Waals surface area contributed by atoms with Crippen molar-refractivity contribution in [1.82, 2.24) is 0 Å². The van der Waals surface area contributed by atoms with Gasteiger partial charge in [0.2, 0.25) is 0 Å². The van der Waals surface area contributed by atoms with Crippen molar-refractivity contribution in [2.75, 3.05) is 25.6 Å². The molecule has 4 heteroatoms. The van der Waals surface area contributed by atoms with Crippen LogP contribution in [-0.4, -0.2) is 31.8 Å². The SMILES string of the molecule is CN(C)c1cccc(OCC(C)(C)CC(=O)O)c1. The van der Waals surface area contributed by atoms with Crippen LogP contribution < -0.4 is 9.64 Å². The topological polar surface area (TPSA) is 49.8 Å². The summed E-state index contributed by atoms with van der Waals surface area (Å²) in [6.07, 6.45) is 0.0976. The van der Waals surface area contributed by atoms with E-state index in [1.54, 1.807) is 0 Å². The van der Waals surface area contributed by atoms with Crippen molar-refractivity contribution in [3.8, 4) is 5.75 Å². The highest BCUT2D eigenvalue weighted by Crippen LogP contribution is 2.24. The Hall–Kier alpha value is -1.71. The highest BCUT2D eigenvalue weighted by molar-refractivity contribution is 5.67. The van der Waals surface area contributed by atoms with Crippen LogP contribution in [0.5, 0.6) is 5.75 Å². The van der Waals surface area contributed by atoms with Crippen LogP contribution in [0.2, 0.25) is 0 Å². The van der Waals surface area contributed by atoms with Gasteiger partial charge < -0.3 is 14.7 Å². The Morgan fingerprint density at radius 3 is 2.61 bits per heavy atom. The third-order valence-corrected chi connectivity index (χ3v) is 2.59. The second-order valence-electron chi connectivity index (χ2n) is 5.42. The fourth-order valence-corrected chi connectivity index (χ4v) is 1.59. The largest absolute Gasteiger partial charge is 0.493 e. The number of nitrogens with zero attached hydrogens (tertiary/aromatic N) is 1. The van der Waals surface area contributed by atoms with Gasteiger partial charge >= 0.3 is 5.97 Å². The first-order valence-corrected chi connectivity index (χ1v) is 5.92. The number of rotatable bonds is 6. The Labute approximate surface area is 108 Å². The van der Waals surface area contributed by atoms with Crippen LogP contribution in [0.1, 0.15) is 20.3 Å². The van der Waals surface area contributed by atoms with Gasteiger partial charge in [0.05, 0.1) is 13.0 Å². The summed E-state index contributed by atoms with van der Waals surface area (Å²) >= 11 is 0. The summed E-state index contributed by atoms with van der Waals surface area (Å²) in [5.74, 6) is -0.0368. The minimum absolute atomic E-state index is 0.0976. The smallest absolute Gasteiger partial charge is 0.304 e. The maximum atomic E-state index is 10.7. The highest BCUT2D eigenvalue weighted by Gasteiger charge is 2.22. The van der Waals surface area contributed by atoms with Crippen molar-refractivity contribution in [3.05, 3.63) is 24.3 Å². The lowest BCUT2D eigenvalue weighted by Gasteiger charge is -2.23. The van der Waals surface area contributed by atoms with Gasteiger partial charge in [0, 0.05) is 31.3 Å². The average molecular weight is 251 g/mol. The maximum Gasteiger partial charge on any atom is 0.304 e. The number of aliphatic carboxylic acids is 1. The Morgan fingerprint density at radius 1 is 1.39 bits per heavy atom. The Bertz CT molecular complexity index is 413. The molecule has 0 aliphatic carbocycles. The lowest BCUT2D eigenvalue weighted by Crippen LogP contribution is -2.24. The molecule has 0 heterocycles. The van der Waals surface area contributed by atoms with E-state index >= 15 is 0 Å². The molecular formula is C14H21NO3. The number of hydrogen-bond donors (Lipinski definition) is 1. The minimum Gasteiger partial charge on any atom is -0.493 e. The molecule has 0 spiro atoms. The molecule has 0 aliphatic rings. The third-order valence-electron chi connectivity index (χ3n) is 2.59. The van der Waals surface area contributed by atoms with E-state index < -0.39 is 5.97 Å². The molecule has 0 bridgehead atoms. The summed E-state index contributed by atoms with van der Waals surface area (Å²) in [6, 6.07) is 7.74. The molecule has 1 aromatic rings. The summed E-state index contributed by atoms with van der Waals surface area (Å²) < 4.78 is 5.67. The van der Waals surface area contributed by atoms with E-state index in [1.807, 2.05) is 57.1 Å². The van der Waals surface area contributed by atoms with Gasteiger partial charge in [-0.15, -0.1) is 0 Å². The van der Waals surface area contributed by atoms with Crippen LogP contribution in [-0.2, 0) is 4.79 Å². The zero-order chi connectivity index (χ0) is 13.8. The van der Waals surface area contributed by atoms with E-state index in [-0.39, 0.29) is 11.8 Å². The number of ether oxygens (including phenoxy) is 1. The number of carbonyl (C=O) groups is 1. The summed E-state index contributed by atoms with van der Waals surface area (Å²) in [7, 11) is 3.93. The standard InChI is InChI=1S/C14H21NO3/c1-14(2,9-13(16)17)10-18-12-7-5-6-11(8-12)15(3)4/h5-8H,9-10H2,1-4H3,(H,16,17). The molecule has 0 aromatic heterocycles. The predicted molar refractivity (Wildman–Crippen MR) is 72.3 cm³/mol. The number of carboxylic acids is 1. The molecule has 4 nitrogen and oxygen atoms in total. The normalized spacial score (nSPS) is 11.1. The van der Waals surface area contributed by atoms with Gasteiger partial charge in [-0.3, -0.25) is 4.79 Å². The summed E-state index contributed by atoms with van der Waals surface area (Å²) in [5.41, 5.74) is 0.684. The molecule has 18 heavy (non-hydrogen) atoms. The molecular weight excluding hydrogens is 230 g/mol. The van der Waals surface area contributed by atoms with E-state index in [9.17, 15) is 4.79 Å². The first kappa shape index (κ1) is 14.4. The molecule has 0 saturated heterocycles. The van der Waals surface area contributed by atoms with Crippen LogP contribution in [0.15, 0.2) is 24.3 Å². The summed E-state index contributed by atoms with van der Waals surface area (Å²) in [5, 5.41) is 8.80. The average Bonchev–Trinajstić information content (AvgIpc) is 2.25. The lowest BCUT2D eigenvalue weighted by molar-refractivity contribution is -0.139. The quantitative estimate of drug-likeness (QED) is 0.844. The van der Waals surface area contributed by atoms with Crippen LogP contribution in [0, 0.1) is 5.41 Å². The molecule has 0 aliphatic heterocycles. The van der Waals surface area contributed by atoms with Gasteiger partial charge in [-0.25, -0.2) is 0 Å². The van der Waals surface area contributed by atoms with Gasteiger partial charge in [0.25, 0.3) is 0 Å². The van der Waals surface area contributed by atoms with Crippen LogP contribution >= 0.6 is 0 Å². The fraction of sp³-hybridized carbons (Fsp3) is 0.500.